The summed E-state index contributed by atoms with van der Waals surface area (Å²) in [4.78, 5) is 12.1. The van der Waals surface area contributed by atoms with Crippen LogP contribution in [-0.4, -0.2) is 12.5 Å². The molecule has 3 aromatic carbocycles. The summed E-state index contributed by atoms with van der Waals surface area (Å²) in [5.74, 6) is -0.124. The van der Waals surface area contributed by atoms with E-state index in [1.807, 2.05) is 36.4 Å². The minimum Gasteiger partial charge on any atom is -0.353 e. The van der Waals surface area contributed by atoms with Crippen LogP contribution in [-0.2, 0) is 11.0 Å². The van der Waals surface area contributed by atoms with Gasteiger partial charge in [-0.15, -0.1) is 0 Å². The van der Waals surface area contributed by atoms with Gasteiger partial charge in [0.15, 0.2) is 0 Å². The summed E-state index contributed by atoms with van der Waals surface area (Å²) >= 11 is 0. The average molecular weight is 409 g/mol. The first-order valence-electron chi connectivity index (χ1n) is 9.66. The minimum absolute atomic E-state index is 0.159. The van der Waals surface area contributed by atoms with E-state index < -0.39 is 11.7 Å². The molecular formula is C25H22F3NO. The number of amides is 1. The van der Waals surface area contributed by atoms with Gasteiger partial charge in [-0.25, -0.2) is 0 Å². The molecule has 0 radical (unpaired) electrons. The lowest BCUT2D eigenvalue weighted by atomic mass is 9.88. The van der Waals surface area contributed by atoms with Crippen molar-refractivity contribution in [3.05, 3.63) is 113 Å². The summed E-state index contributed by atoms with van der Waals surface area (Å²) < 4.78 is 37.8. The Balaban J connectivity index is 1.57. The Labute approximate surface area is 174 Å². The van der Waals surface area contributed by atoms with Crippen molar-refractivity contribution in [3.63, 3.8) is 0 Å². The number of hydrogen-bond donors (Lipinski definition) is 1. The van der Waals surface area contributed by atoms with Gasteiger partial charge in [-0.1, -0.05) is 72.8 Å². The molecule has 0 heterocycles. The topological polar surface area (TPSA) is 29.1 Å². The highest BCUT2D eigenvalue weighted by Crippen LogP contribution is 2.29. The Morgan fingerprint density at radius 3 is 1.87 bits per heavy atom. The predicted octanol–water partition coefficient (Wildman–Crippen LogP) is 6.06. The third kappa shape index (κ3) is 6.08. The normalized spacial score (nSPS) is 11.7. The summed E-state index contributed by atoms with van der Waals surface area (Å²) in [7, 11) is 0. The molecule has 0 spiro atoms. The highest BCUT2D eigenvalue weighted by Gasteiger charge is 2.29. The second-order valence-corrected chi connectivity index (χ2v) is 6.91. The van der Waals surface area contributed by atoms with E-state index >= 15 is 0 Å². The molecule has 0 saturated carbocycles. The van der Waals surface area contributed by atoms with Crippen molar-refractivity contribution in [1.82, 2.24) is 5.32 Å². The lowest BCUT2D eigenvalue weighted by molar-refractivity contribution is -0.137. The molecule has 0 aliphatic carbocycles. The van der Waals surface area contributed by atoms with Gasteiger partial charge in [0.25, 0.3) is 0 Å². The van der Waals surface area contributed by atoms with Gasteiger partial charge in [0.2, 0.25) is 5.91 Å². The first-order chi connectivity index (χ1) is 14.4. The van der Waals surface area contributed by atoms with Crippen LogP contribution in [0.4, 0.5) is 13.2 Å². The second-order valence-electron chi connectivity index (χ2n) is 6.91. The maximum atomic E-state index is 12.6. The maximum Gasteiger partial charge on any atom is 0.416 e. The van der Waals surface area contributed by atoms with E-state index in [2.05, 4.69) is 29.6 Å². The van der Waals surface area contributed by atoms with E-state index in [0.717, 1.165) is 18.6 Å². The molecule has 5 heteroatoms. The van der Waals surface area contributed by atoms with Crippen LogP contribution in [0, 0.1) is 0 Å². The number of carbonyl (C=O) groups is 1. The van der Waals surface area contributed by atoms with E-state index in [4.69, 9.17) is 0 Å². The molecule has 0 bridgehead atoms. The van der Waals surface area contributed by atoms with Crippen molar-refractivity contribution >= 4 is 12.0 Å². The van der Waals surface area contributed by atoms with Crippen LogP contribution in [0.15, 0.2) is 91.0 Å². The van der Waals surface area contributed by atoms with E-state index in [9.17, 15) is 18.0 Å². The molecule has 1 amide bonds. The first kappa shape index (κ1) is 21.4. The molecule has 3 aromatic rings. The predicted molar refractivity (Wildman–Crippen MR) is 113 cm³/mol. The molecule has 0 atom stereocenters. The van der Waals surface area contributed by atoms with Gasteiger partial charge in [-0.3, -0.25) is 4.79 Å². The second kappa shape index (κ2) is 9.92. The summed E-state index contributed by atoms with van der Waals surface area (Å²) in [5, 5.41) is 2.85. The van der Waals surface area contributed by atoms with Gasteiger partial charge in [0.05, 0.1) is 5.56 Å². The van der Waals surface area contributed by atoms with Gasteiger partial charge in [0, 0.05) is 18.5 Å². The number of hydrogen-bond acceptors (Lipinski definition) is 1. The minimum atomic E-state index is -4.37. The van der Waals surface area contributed by atoms with E-state index in [1.54, 1.807) is 0 Å². The van der Waals surface area contributed by atoms with Gasteiger partial charge in [-0.2, -0.15) is 13.2 Å². The van der Waals surface area contributed by atoms with Crippen molar-refractivity contribution in [2.45, 2.75) is 18.5 Å². The molecule has 0 fully saturated rings. The molecule has 30 heavy (non-hydrogen) atoms. The van der Waals surface area contributed by atoms with Gasteiger partial charge in [0.1, 0.15) is 0 Å². The fourth-order valence-electron chi connectivity index (χ4n) is 3.25. The Bertz CT molecular complexity index is 925. The molecule has 3 rings (SSSR count). The molecule has 0 unspecified atom stereocenters. The van der Waals surface area contributed by atoms with Crippen LogP contribution in [0.5, 0.6) is 0 Å². The quantitative estimate of drug-likeness (QED) is 0.473. The standard InChI is InChI=1S/C25H22F3NO/c26-25(27,28)22-14-11-19(12-15-22)13-16-24(30)29-18-17-23(20-7-3-1-4-8-20)21-9-5-2-6-10-21/h1-16,23H,17-18H2,(H,29,30)/b16-13+. The maximum absolute atomic E-state index is 12.6. The van der Waals surface area contributed by atoms with Crippen LogP contribution in [0.2, 0.25) is 0 Å². The molecule has 0 aromatic heterocycles. The van der Waals surface area contributed by atoms with E-state index in [-0.39, 0.29) is 11.8 Å². The van der Waals surface area contributed by atoms with Crippen molar-refractivity contribution in [3.8, 4) is 0 Å². The fraction of sp³-hybridized carbons (Fsp3) is 0.160. The zero-order valence-electron chi connectivity index (χ0n) is 16.3. The Hall–Kier alpha value is -3.34. The van der Waals surface area contributed by atoms with Crippen LogP contribution < -0.4 is 5.32 Å². The Morgan fingerprint density at radius 1 is 0.833 bits per heavy atom. The van der Waals surface area contributed by atoms with Crippen molar-refractivity contribution in [2.75, 3.05) is 6.54 Å². The number of rotatable bonds is 7. The largest absolute Gasteiger partial charge is 0.416 e. The number of alkyl halides is 3. The average Bonchev–Trinajstić information content (AvgIpc) is 2.76. The third-order valence-electron chi connectivity index (χ3n) is 4.80. The molecule has 0 aliphatic heterocycles. The van der Waals surface area contributed by atoms with E-state index in [0.29, 0.717) is 12.1 Å². The smallest absolute Gasteiger partial charge is 0.353 e. The van der Waals surface area contributed by atoms with Gasteiger partial charge >= 0.3 is 6.18 Å². The van der Waals surface area contributed by atoms with Crippen molar-refractivity contribution in [1.29, 1.82) is 0 Å². The van der Waals surface area contributed by atoms with Crippen LogP contribution in [0.1, 0.15) is 34.6 Å². The van der Waals surface area contributed by atoms with Gasteiger partial charge in [-0.05, 0) is 41.3 Å². The zero-order chi connectivity index (χ0) is 21.4. The monoisotopic (exact) mass is 409 g/mol. The summed E-state index contributed by atoms with van der Waals surface area (Å²) in [5.41, 5.74) is 2.18. The number of benzene rings is 3. The highest BCUT2D eigenvalue weighted by atomic mass is 19.4. The van der Waals surface area contributed by atoms with Crippen molar-refractivity contribution < 1.29 is 18.0 Å². The third-order valence-corrected chi connectivity index (χ3v) is 4.80. The SMILES string of the molecule is O=C(/C=C/c1ccc(C(F)(F)F)cc1)NCCC(c1ccccc1)c1ccccc1. The fourth-order valence-corrected chi connectivity index (χ4v) is 3.25. The summed E-state index contributed by atoms with van der Waals surface area (Å²) in [6, 6.07) is 24.9. The molecule has 0 aliphatic rings. The number of nitrogens with one attached hydrogen (secondary N) is 1. The molecule has 2 nitrogen and oxygen atoms in total. The summed E-state index contributed by atoms with van der Waals surface area (Å²) in [6.07, 6.45) is -0.800. The number of halogens is 3. The molecule has 154 valence electrons. The van der Waals surface area contributed by atoms with E-state index in [1.165, 1.54) is 35.4 Å². The summed E-state index contributed by atoms with van der Waals surface area (Å²) in [6.45, 7) is 0.477. The lowest BCUT2D eigenvalue weighted by Gasteiger charge is -2.18. The zero-order valence-corrected chi connectivity index (χ0v) is 16.3. The van der Waals surface area contributed by atoms with Crippen LogP contribution >= 0.6 is 0 Å². The molecule has 1 N–H and O–H groups in total. The lowest BCUT2D eigenvalue weighted by Crippen LogP contribution is -2.23. The Morgan fingerprint density at radius 2 is 1.37 bits per heavy atom. The van der Waals surface area contributed by atoms with Gasteiger partial charge < -0.3 is 5.32 Å². The van der Waals surface area contributed by atoms with Crippen LogP contribution in [0.3, 0.4) is 0 Å². The van der Waals surface area contributed by atoms with Crippen molar-refractivity contribution in [2.24, 2.45) is 0 Å². The molecule has 0 saturated heterocycles. The van der Waals surface area contributed by atoms with Crippen LogP contribution in [0.25, 0.3) is 6.08 Å². The molecular weight excluding hydrogens is 387 g/mol. The Kier molecular flexibility index (Phi) is 7.07. The first-order valence-corrected chi connectivity index (χ1v) is 9.66. The number of carbonyl (C=O) groups excluding carboxylic acids is 1. The highest BCUT2D eigenvalue weighted by molar-refractivity contribution is 5.91.